The molecule has 0 aromatic carbocycles. The smallest absolute Gasteiger partial charge is 0.181 e. The summed E-state index contributed by atoms with van der Waals surface area (Å²) in [5.74, 6) is 0.111. The minimum absolute atomic E-state index is 0.111. The molecule has 1 rings (SSSR count). The van der Waals surface area contributed by atoms with E-state index < -0.39 is 9.84 Å². The Bertz CT molecular complexity index is 455. The van der Waals surface area contributed by atoms with Crippen LogP contribution in [-0.2, 0) is 16.3 Å². The molecular formula is C12H20N2O2S. The van der Waals surface area contributed by atoms with Crippen LogP contribution in [0, 0.1) is 0 Å². The summed E-state index contributed by atoms with van der Waals surface area (Å²) in [5.41, 5.74) is 0.947. The number of sulfone groups is 1. The van der Waals surface area contributed by atoms with Gasteiger partial charge in [0.05, 0.1) is 10.6 Å². The third-order valence-corrected chi connectivity index (χ3v) is 4.14. The Balaban J connectivity index is 2.75. The lowest BCUT2D eigenvalue weighted by molar-refractivity contribution is 0.577. The van der Waals surface area contributed by atoms with Crippen LogP contribution in [0.5, 0.6) is 0 Å². The van der Waals surface area contributed by atoms with Gasteiger partial charge in [0.1, 0.15) is 0 Å². The molecule has 0 aliphatic heterocycles. The van der Waals surface area contributed by atoms with Gasteiger partial charge in [-0.1, -0.05) is 20.8 Å². The highest BCUT2D eigenvalue weighted by atomic mass is 32.2. The van der Waals surface area contributed by atoms with E-state index in [2.05, 4.69) is 10.3 Å². The lowest BCUT2D eigenvalue weighted by atomic mass is 10.2. The van der Waals surface area contributed by atoms with Crippen molar-refractivity contribution in [1.29, 1.82) is 0 Å². The lowest BCUT2D eigenvalue weighted by Crippen LogP contribution is -2.28. The first-order valence-electron chi connectivity index (χ1n) is 5.85. The van der Waals surface area contributed by atoms with Crippen LogP contribution < -0.4 is 5.32 Å². The minimum Gasteiger partial charge on any atom is -0.314 e. The van der Waals surface area contributed by atoms with Crippen molar-refractivity contribution in [2.24, 2.45) is 0 Å². The first-order chi connectivity index (χ1) is 7.95. The van der Waals surface area contributed by atoms with Crippen molar-refractivity contribution in [3.8, 4) is 0 Å². The van der Waals surface area contributed by atoms with Crippen molar-refractivity contribution in [2.75, 3.05) is 12.3 Å². The van der Waals surface area contributed by atoms with E-state index in [1.165, 1.54) is 6.20 Å². The zero-order chi connectivity index (χ0) is 12.9. The Morgan fingerprint density at radius 2 is 2.06 bits per heavy atom. The maximum absolute atomic E-state index is 12.0. The Morgan fingerprint density at radius 3 is 2.65 bits per heavy atom. The fourth-order valence-electron chi connectivity index (χ4n) is 1.43. The van der Waals surface area contributed by atoms with Crippen molar-refractivity contribution in [3.05, 3.63) is 24.0 Å². The van der Waals surface area contributed by atoms with Crippen LogP contribution in [0.15, 0.2) is 23.4 Å². The Labute approximate surface area is 103 Å². The zero-order valence-corrected chi connectivity index (χ0v) is 11.4. The molecule has 1 heterocycles. The van der Waals surface area contributed by atoms with E-state index in [1.807, 2.05) is 20.8 Å². The maximum Gasteiger partial charge on any atom is 0.181 e. The van der Waals surface area contributed by atoms with E-state index in [9.17, 15) is 8.42 Å². The number of aryl methyl sites for hydroxylation is 1. The van der Waals surface area contributed by atoms with Crippen molar-refractivity contribution in [2.45, 2.75) is 38.1 Å². The van der Waals surface area contributed by atoms with Gasteiger partial charge >= 0.3 is 0 Å². The fraction of sp³-hybridized carbons (Fsp3) is 0.583. The van der Waals surface area contributed by atoms with Crippen LogP contribution in [0.2, 0.25) is 0 Å². The second kappa shape index (κ2) is 6.12. The van der Waals surface area contributed by atoms with Gasteiger partial charge in [-0.2, -0.15) is 0 Å². The van der Waals surface area contributed by atoms with E-state index in [-0.39, 0.29) is 5.75 Å². The predicted octanol–water partition coefficient (Wildman–Crippen LogP) is 1.42. The summed E-state index contributed by atoms with van der Waals surface area (Å²) >= 11 is 0. The fourth-order valence-corrected chi connectivity index (χ4v) is 2.60. The van der Waals surface area contributed by atoms with Crippen molar-refractivity contribution >= 4 is 9.84 Å². The lowest BCUT2D eigenvalue weighted by Gasteiger charge is -2.09. The molecule has 0 aliphatic rings. The molecule has 0 radical (unpaired) electrons. The first kappa shape index (κ1) is 14.1. The molecule has 0 amide bonds. The standard InChI is InChI=1S/C12H20N2O2S/c1-4-11-7-12(9-13-8-11)17(15,16)6-5-14-10(2)3/h7-10,14H,4-6H2,1-3H3. The highest BCUT2D eigenvalue weighted by Crippen LogP contribution is 2.11. The molecule has 0 saturated heterocycles. The van der Waals surface area contributed by atoms with E-state index in [1.54, 1.807) is 12.3 Å². The van der Waals surface area contributed by atoms with E-state index in [0.29, 0.717) is 17.5 Å². The van der Waals surface area contributed by atoms with Gasteiger partial charge in [-0.05, 0) is 18.1 Å². The molecule has 96 valence electrons. The molecule has 1 N–H and O–H groups in total. The average molecular weight is 256 g/mol. The predicted molar refractivity (Wildman–Crippen MR) is 68.8 cm³/mol. The van der Waals surface area contributed by atoms with E-state index in [0.717, 1.165) is 12.0 Å². The van der Waals surface area contributed by atoms with Gasteiger partial charge in [-0.3, -0.25) is 4.98 Å². The molecule has 0 aliphatic carbocycles. The number of rotatable bonds is 6. The second-order valence-corrected chi connectivity index (χ2v) is 6.42. The van der Waals surface area contributed by atoms with Crippen molar-refractivity contribution in [1.82, 2.24) is 10.3 Å². The van der Waals surface area contributed by atoms with Gasteiger partial charge in [0.2, 0.25) is 0 Å². The van der Waals surface area contributed by atoms with Crippen molar-refractivity contribution in [3.63, 3.8) is 0 Å². The Kier molecular flexibility index (Phi) is 5.08. The highest BCUT2D eigenvalue weighted by molar-refractivity contribution is 7.91. The van der Waals surface area contributed by atoms with Gasteiger partial charge in [0.15, 0.2) is 9.84 Å². The molecular weight excluding hydrogens is 236 g/mol. The third kappa shape index (κ3) is 4.44. The molecule has 1 aromatic rings. The molecule has 0 atom stereocenters. The molecule has 17 heavy (non-hydrogen) atoms. The van der Waals surface area contributed by atoms with Gasteiger partial charge in [-0.15, -0.1) is 0 Å². The van der Waals surface area contributed by atoms with Crippen LogP contribution >= 0.6 is 0 Å². The molecule has 0 spiro atoms. The first-order valence-corrected chi connectivity index (χ1v) is 7.51. The topological polar surface area (TPSA) is 59.1 Å². The normalized spacial score (nSPS) is 12.0. The number of aromatic nitrogens is 1. The van der Waals surface area contributed by atoms with Crippen molar-refractivity contribution < 1.29 is 8.42 Å². The number of nitrogens with zero attached hydrogens (tertiary/aromatic N) is 1. The SMILES string of the molecule is CCc1cncc(S(=O)(=O)CCNC(C)C)c1. The van der Waals surface area contributed by atoms with Crippen LogP contribution in [0.3, 0.4) is 0 Å². The minimum atomic E-state index is -3.21. The van der Waals surface area contributed by atoms with Gasteiger partial charge in [0, 0.05) is 25.0 Å². The Morgan fingerprint density at radius 1 is 1.35 bits per heavy atom. The summed E-state index contributed by atoms with van der Waals surface area (Å²) in [6.45, 7) is 6.43. The van der Waals surface area contributed by atoms with E-state index in [4.69, 9.17) is 0 Å². The maximum atomic E-state index is 12.0. The van der Waals surface area contributed by atoms with Crippen LogP contribution in [0.25, 0.3) is 0 Å². The largest absolute Gasteiger partial charge is 0.314 e. The third-order valence-electron chi connectivity index (χ3n) is 2.46. The van der Waals surface area contributed by atoms with Crippen LogP contribution in [-0.4, -0.2) is 31.7 Å². The molecule has 0 saturated carbocycles. The molecule has 4 nitrogen and oxygen atoms in total. The number of nitrogens with one attached hydrogen (secondary N) is 1. The molecule has 5 heteroatoms. The van der Waals surface area contributed by atoms with Crippen LogP contribution in [0.4, 0.5) is 0 Å². The summed E-state index contributed by atoms with van der Waals surface area (Å²) < 4.78 is 24.0. The quantitative estimate of drug-likeness (QED) is 0.836. The van der Waals surface area contributed by atoms with Crippen LogP contribution in [0.1, 0.15) is 26.3 Å². The van der Waals surface area contributed by atoms with Gasteiger partial charge < -0.3 is 5.32 Å². The monoisotopic (exact) mass is 256 g/mol. The van der Waals surface area contributed by atoms with Gasteiger partial charge in [0.25, 0.3) is 0 Å². The zero-order valence-electron chi connectivity index (χ0n) is 10.6. The molecule has 0 unspecified atom stereocenters. The average Bonchev–Trinajstić information content (AvgIpc) is 2.28. The second-order valence-electron chi connectivity index (χ2n) is 4.31. The summed E-state index contributed by atoms with van der Waals surface area (Å²) in [6, 6.07) is 2.00. The number of pyridine rings is 1. The summed E-state index contributed by atoms with van der Waals surface area (Å²) in [4.78, 5) is 4.29. The van der Waals surface area contributed by atoms with Gasteiger partial charge in [-0.25, -0.2) is 8.42 Å². The molecule has 0 fully saturated rings. The number of hydrogen-bond donors (Lipinski definition) is 1. The molecule has 1 aromatic heterocycles. The van der Waals surface area contributed by atoms with E-state index >= 15 is 0 Å². The summed E-state index contributed by atoms with van der Waals surface area (Å²) in [7, 11) is -3.21. The Hall–Kier alpha value is -0.940. The summed E-state index contributed by atoms with van der Waals surface area (Å²) in [5, 5.41) is 3.10. The summed E-state index contributed by atoms with van der Waals surface area (Å²) in [6.07, 6.45) is 3.91. The number of hydrogen-bond acceptors (Lipinski definition) is 4. The highest BCUT2D eigenvalue weighted by Gasteiger charge is 2.14. The molecule has 0 bridgehead atoms.